The van der Waals surface area contributed by atoms with Gasteiger partial charge >= 0.3 is 5.97 Å². The number of rotatable bonds is 6. The van der Waals surface area contributed by atoms with Crippen LogP contribution in [-0.2, 0) is 4.74 Å². The summed E-state index contributed by atoms with van der Waals surface area (Å²) < 4.78 is 4.96. The highest BCUT2D eigenvalue weighted by atomic mass is 16.5. The molecular formula is C21H26N4O3. The average Bonchev–Trinajstić information content (AvgIpc) is 2.74. The average molecular weight is 382 g/mol. The monoisotopic (exact) mass is 382 g/mol. The molecule has 148 valence electrons. The van der Waals surface area contributed by atoms with Gasteiger partial charge in [-0.1, -0.05) is 6.92 Å². The molecule has 1 atom stereocenters. The first-order valence-electron chi connectivity index (χ1n) is 9.79. The summed E-state index contributed by atoms with van der Waals surface area (Å²) in [6.45, 7) is 5.21. The number of nitrogens with zero attached hydrogens (tertiary/aromatic N) is 3. The van der Waals surface area contributed by atoms with Gasteiger partial charge in [0.05, 0.1) is 12.2 Å². The number of aromatic nitrogens is 2. The van der Waals surface area contributed by atoms with Crippen molar-refractivity contribution >= 4 is 23.4 Å². The van der Waals surface area contributed by atoms with Crippen LogP contribution in [0.25, 0.3) is 0 Å². The Hall–Kier alpha value is -2.96. The molecule has 0 saturated carbocycles. The van der Waals surface area contributed by atoms with Crippen molar-refractivity contribution in [2.24, 2.45) is 0 Å². The molecule has 1 amide bonds. The lowest BCUT2D eigenvalue weighted by atomic mass is 10.00. The Morgan fingerprint density at radius 3 is 2.68 bits per heavy atom. The van der Waals surface area contributed by atoms with Crippen molar-refractivity contribution in [1.82, 2.24) is 9.97 Å². The minimum Gasteiger partial charge on any atom is -0.462 e. The van der Waals surface area contributed by atoms with Crippen LogP contribution in [0.4, 0.5) is 11.5 Å². The van der Waals surface area contributed by atoms with E-state index in [4.69, 9.17) is 4.74 Å². The maximum Gasteiger partial charge on any atom is 0.338 e. The molecule has 7 heteroatoms. The molecule has 1 unspecified atom stereocenters. The zero-order valence-electron chi connectivity index (χ0n) is 16.4. The van der Waals surface area contributed by atoms with Gasteiger partial charge < -0.3 is 15.0 Å². The number of carbonyl (C=O) groups excluding carboxylic acids is 2. The number of piperidine rings is 1. The minimum absolute atomic E-state index is 0.308. The maximum absolute atomic E-state index is 12.6. The molecule has 1 aliphatic rings. The molecule has 0 spiro atoms. The van der Waals surface area contributed by atoms with Crippen LogP contribution in [-0.4, -0.2) is 41.0 Å². The summed E-state index contributed by atoms with van der Waals surface area (Å²) in [6, 6.07) is 8.79. The Morgan fingerprint density at radius 1 is 1.18 bits per heavy atom. The highest BCUT2D eigenvalue weighted by Gasteiger charge is 2.23. The molecule has 0 radical (unpaired) electrons. The van der Waals surface area contributed by atoms with Gasteiger partial charge in [-0.25, -0.2) is 14.8 Å². The summed E-state index contributed by atoms with van der Waals surface area (Å²) in [5.41, 5.74) is 1.35. The molecule has 1 aromatic heterocycles. The molecule has 2 heterocycles. The van der Waals surface area contributed by atoms with Gasteiger partial charge in [-0.2, -0.15) is 0 Å². The summed E-state index contributed by atoms with van der Waals surface area (Å²) in [4.78, 5) is 35.1. The number of ether oxygens (including phenoxy) is 1. The van der Waals surface area contributed by atoms with Gasteiger partial charge in [0, 0.05) is 24.3 Å². The molecule has 0 bridgehead atoms. The fraction of sp³-hybridized carbons (Fsp3) is 0.429. The van der Waals surface area contributed by atoms with Crippen LogP contribution in [0.15, 0.2) is 36.7 Å². The molecular weight excluding hydrogens is 356 g/mol. The summed E-state index contributed by atoms with van der Waals surface area (Å²) in [5.74, 6) is 0.106. The van der Waals surface area contributed by atoms with E-state index in [0.717, 1.165) is 31.6 Å². The van der Waals surface area contributed by atoms with Crippen LogP contribution in [0.5, 0.6) is 0 Å². The highest BCUT2D eigenvalue weighted by Crippen LogP contribution is 2.25. The van der Waals surface area contributed by atoms with Gasteiger partial charge in [0.1, 0.15) is 17.8 Å². The van der Waals surface area contributed by atoms with Crippen molar-refractivity contribution in [3.8, 4) is 0 Å². The van der Waals surface area contributed by atoms with Gasteiger partial charge in [0.15, 0.2) is 0 Å². The summed E-state index contributed by atoms with van der Waals surface area (Å²) in [6.07, 6.45) is 6.01. The Morgan fingerprint density at radius 2 is 1.96 bits per heavy atom. The lowest BCUT2D eigenvalue weighted by molar-refractivity contribution is 0.0526. The molecule has 1 saturated heterocycles. The summed E-state index contributed by atoms with van der Waals surface area (Å²) in [7, 11) is 0. The predicted octanol–water partition coefficient (Wildman–Crippen LogP) is 3.67. The Kier molecular flexibility index (Phi) is 6.57. The van der Waals surface area contributed by atoms with E-state index < -0.39 is 0 Å². The second-order valence-electron chi connectivity index (χ2n) is 6.76. The van der Waals surface area contributed by atoms with Crippen LogP contribution < -0.4 is 10.2 Å². The van der Waals surface area contributed by atoms with E-state index in [-0.39, 0.29) is 11.9 Å². The van der Waals surface area contributed by atoms with Crippen LogP contribution in [0.3, 0.4) is 0 Å². The minimum atomic E-state index is -0.382. The number of amides is 1. The molecule has 1 aromatic carbocycles. The second-order valence-corrected chi connectivity index (χ2v) is 6.76. The van der Waals surface area contributed by atoms with Gasteiger partial charge in [-0.3, -0.25) is 4.79 Å². The Labute approximate surface area is 165 Å². The third kappa shape index (κ3) is 4.65. The number of hydrogen-bond donors (Lipinski definition) is 1. The topological polar surface area (TPSA) is 84.4 Å². The van der Waals surface area contributed by atoms with Gasteiger partial charge in [0.25, 0.3) is 5.91 Å². The van der Waals surface area contributed by atoms with Crippen molar-refractivity contribution < 1.29 is 14.3 Å². The zero-order valence-corrected chi connectivity index (χ0v) is 16.4. The largest absolute Gasteiger partial charge is 0.462 e. The number of esters is 1. The molecule has 1 N–H and O–H groups in total. The Bertz CT molecular complexity index is 823. The lowest BCUT2D eigenvalue weighted by Gasteiger charge is -2.36. The fourth-order valence-corrected chi connectivity index (χ4v) is 3.45. The number of benzene rings is 1. The van der Waals surface area contributed by atoms with E-state index in [2.05, 4.69) is 27.1 Å². The first-order valence-corrected chi connectivity index (χ1v) is 9.79. The van der Waals surface area contributed by atoms with Gasteiger partial charge in [0.2, 0.25) is 0 Å². The predicted molar refractivity (Wildman–Crippen MR) is 108 cm³/mol. The molecule has 28 heavy (non-hydrogen) atoms. The lowest BCUT2D eigenvalue weighted by Crippen LogP contribution is -2.39. The van der Waals surface area contributed by atoms with Crippen molar-refractivity contribution in [1.29, 1.82) is 0 Å². The molecule has 7 nitrogen and oxygen atoms in total. The second kappa shape index (κ2) is 9.30. The van der Waals surface area contributed by atoms with Crippen LogP contribution in [0, 0.1) is 0 Å². The highest BCUT2D eigenvalue weighted by molar-refractivity contribution is 6.03. The Balaban J connectivity index is 1.70. The fourth-order valence-electron chi connectivity index (χ4n) is 3.45. The van der Waals surface area contributed by atoms with Crippen molar-refractivity contribution in [3.63, 3.8) is 0 Å². The first-order chi connectivity index (χ1) is 13.6. The maximum atomic E-state index is 12.6. The van der Waals surface area contributed by atoms with E-state index in [1.165, 1.54) is 12.7 Å². The van der Waals surface area contributed by atoms with E-state index >= 15 is 0 Å². The normalized spacial score (nSPS) is 16.5. The number of hydrogen-bond acceptors (Lipinski definition) is 6. The van der Waals surface area contributed by atoms with E-state index in [9.17, 15) is 9.59 Å². The molecule has 3 rings (SSSR count). The third-order valence-electron chi connectivity index (χ3n) is 4.93. The molecule has 1 aliphatic heterocycles. The first kappa shape index (κ1) is 19.8. The van der Waals surface area contributed by atoms with Crippen molar-refractivity contribution in [2.45, 2.75) is 45.6 Å². The standard InChI is InChI=1S/C21H26N4O3/c1-3-17-7-5-6-12-25(17)19-13-18(22-14-23-19)20(26)24-16-10-8-15(9-11-16)21(27)28-4-2/h8-11,13-14,17H,3-7,12H2,1-2H3,(H,24,26). The van der Waals surface area contributed by atoms with Crippen molar-refractivity contribution in [3.05, 3.63) is 47.9 Å². The quantitative estimate of drug-likeness (QED) is 0.767. The van der Waals surface area contributed by atoms with Gasteiger partial charge in [-0.15, -0.1) is 0 Å². The molecule has 1 fully saturated rings. The van der Waals surface area contributed by atoms with Crippen LogP contribution in [0.1, 0.15) is 60.4 Å². The van der Waals surface area contributed by atoms with Gasteiger partial charge in [-0.05, 0) is 56.9 Å². The van der Waals surface area contributed by atoms with Crippen LogP contribution >= 0.6 is 0 Å². The number of nitrogens with one attached hydrogen (secondary N) is 1. The number of carbonyl (C=O) groups is 2. The molecule has 0 aliphatic carbocycles. The van der Waals surface area contributed by atoms with Crippen molar-refractivity contribution in [2.75, 3.05) is 23.4 Å². The van der Waals surface area contributed by atoms with E-state index in [1.807, 2.05) is 0 Å². The van der Waals surface area contributed by atoms with E-state index in [1.54, 1.807) is 37.3 Å². The SMILES string of the molecule is CCOC(=O)c1ccc(NC(=O)c2cc(N3CCCCC3CC)ncn2)cc1. The summed E-state index contributed by atoms with van der Waals surface area (Å²) >= 11 is 0. The van der Waals surface area contributed by atoms with Crippen LogP contribution in [0.2, 0.25) is 0 Å². The zero-order chi connectivity index (χ0) is 19.9. The van der Waals surface area contributed by atoms with E-state index in [0.29, 0.717) is 29.6 Å². The third-order valence-corrected chi connectivity index (χ3v) is 4.93. The number of anilines is 2. The smallest absolute Gasteiger partial charge is 0.338 e. The molecule has 2 aromatic rings. The summed E-state index contributed by atoms with van der Waals surface area (Å²) in [5, 5.41) is 2.81.